The van der Waals surface area contributed by atoms with Gasteiger partial charge in [0, 0.05) is 36.2 Å². The van der Waals surface area contributed by atoms with Gasteiger partial charge in [-0.1, -0.05) is 13.8 Å². The van der Waals surface area contributed by atoms with Crippen molar-refractivity contribution < 1.29 is 9.47 Å². The Morgan fingerprint density at radius 1 is 1.32 bits per heavy atom. The maximum atomic E-state index is 13.0. The van der Waals surface area contributed by atoms with Crippen LogP contribution in [0.1, 0.15) is 70.8 Å². The first-order chi connectivity index (χ1) is 16.4. The van der Waals surface area contributed by atoms with E-state index in [4.69, 9.17) is 9.47 Å². The summed E-state index contributed by atoms with van der Waals surface area (Å²) in [5.41, 5.74) is 1.20. The van der Waals surface area contributed by atoms with Crippen molar-refractivity contribution >= 4 is 10.9 Å². The highest BCUT2D eigenvalue weighted by atomic mass is 16.5. The van der Waals surface area contributed by atoms with E-state index in [1.807, 2.05) is 28.9 Å². The monoisotopic (exact) mass is 468 g/mol. The second-order valence-corrected chi connectivity index (χ2v) is 9.68. The fourth-order valence-corrected chi connectivity index (χ4v) is 4.63. The molecule has 1 saturated heterocycles. The minimum Gasteiger partial charge on any atom is -0.497 e. The first kappa shape index (κ1) is 24.3. The SMILES string of the molecule is CC[C@@H](c1nnnn1C(C)(C)CC)N(Cc1cc2cc(OC)ccc2[nH]c1=O)C[C@@H]1CCCO1. The highest BCUT2D eigenvalue weighted by Gasteiger charge is 2.32. The summed E-state index contributed by atoms with van der Waals surface area (Å²) < 4.78 is 13.3. The van der Waals surface area contributed by atoms with Crippen LogP contribution in [0.2, 0.25) is 0 Å². The molecule has 0 saturated carbocycles. The Bertz CT molecular complexity index is 1160. The van der Waals surface area contributed by atoms with Crippen LogP contribution < -0.4 is 10.3 Å². The third kappa shape index (κ3) is 5.00. The Morgan fingerprint density at radius 2 is 2.15 bits per heavy atom. The summed E-state index contributed by atoms with van der Waals surface area (Å²) in [6.07, 6.45) is 3.93. The molecule has 0 radical (unpaired) electrons. The fraction of sp³-hybridized carbons (Fsp3) is 0.600. The molecule has 34 heavy (non-hydrogen) atoms. The maximum Gasteiger partial charge on any atom is 0.252 e. The average Bonchev–Trinajstić information content (AvgIpc) is 3.52. The topological polar surface area (TPSA) is 98.2 Å². The number of aromatic amines is 1. The summed E-state index contributed by atoms with van der Waals surface area (Å²) in [7, 11) is 1.64. The number of rotatable bonds is 10. The molecule has 3 heterocycles. The normalized spacial score (nSPS) is 17.5. The standard InChI is InChI=1S/C25H36N6O3/c1-6-22(23-27-28-29-31(23)25(3,4)7-2)30(16-20-9-8-12-34-20)15-18-13-17-14-19(33-5)10-11-21(17)26-24(18)32/h10-11,13-14,20,22H,6-9,12,15-16H2,1-5H3,(H,26,32)/t20-,22-/m0/s1. The van der Waals surface area contributed by atoms with E-state index < -0.39 is 0 Å². The number of aromatic nitrogens is 5. The average molecular weight is 469 g/mol. The van der Waals surface area contributed by atoms with Crippen molar-refractivity contribution in [2.75, 3.05) is 20.3 Å². The molecule has 2 aromatic heterocycles. The van der Waals surface area contributed by atoms with Gasteiger partial charge in [0.2, 0.25) is 0 Å². The first-order valence-electron chi connectivity index (χ1n) is 12.2. The lowest BCUT2D eigenvalue weighted by Crippen LogP contribution is -2.39. The van der Waals surface area contributed by atoms with Crippen molar-refractivity contribution in [1.29, 1.82) is 0 Å². The second-order valence-electron chi connectivity index (χ2n) is 9.68. The van der Waals surface area contributed by atoms with Crippen molar-refractivity contribution in [1.82, 2.24) is 30.1 Å². The molecule has 3 aromatic rings. The molecular weight excluding hydrogens is 432 g/mol. The molecule has 9 heteroatoms. The number of ether oxygens (including phenoxy) is 2. The van der Waals surface area contributed by atoms with Gasteiger partial charge in [0.1, 0.15) is 5.75 Å². The van der Waals surface area contributed by atoms with Crippen LogP contribution in [0.25, 0.3) is 10.9 Å². The molecule has 4 rings (SSSR count). The number of hydrogen-bond donors (Lipinski definition) is 1. The summed E-state index contributed by atoms with van der Waals surface area (Å²) in [5.74, 6) is 1.58. The van der Waals surface area contributed by atoms with Gasteiger partial charge < -0.3 is 14.5 Å². The van der Waals surface area contributed by atoms with Gasteiger partial charge in [0.05, 0.1) is 24.8 Å². The highest BCUT2D eigenvalue weighted by molar-refractivity contribution is 5.80. The largest absolute Gasteiger partial charge is 0.497 e. The lowest BCUT2D eigenvalue weighted by molar-refractivity contribution is 0.0475. The van der Waals surface area contributed by atoms with E-state index in [1.165, 1.54) is 0 Å². The molecule has 1 N–H and O–H groups in total. The number of methoxy groups -OCH3 is 1. The number of pyridine rings is 1. The second kappa shape index (κ2) is 10.2. The van der Waals surface area contributed by atoms with Gasteiger partial charge >= 0.3 is 0 Å². The molecule has 0 aliphatic carbocycles. The quantitative estimate of drug-likeness (QED) is 0.483. The van der Waals surface area contributed by atoms with Crippen LogP contribution in [-0.2, 0) is 16.8 Å². The first-order valence-corrected chi connectivity index (χ1v) is 12.2. The molecule has 184 valence electrons. The summed E-state index contributed by atoms with van der Waals surface area (Å²) in [6, 6.07) is 7.58. The molecule has 0 spiro atoms. The lowest BCUT2D eigenvalue weighted by Gasteiger charge is -2.34. The smallest absolute Gasteiger partial charge is 0.252 e. The number of benzene rings is 1. The molecule has 1 aromatic carbocycles. The minimum atomic E-state index is -0.210. The van der Waals surface area contributed by atoms with Gasteiger partial charge in [-0.2, -0.15) is 0 Å². The van der Waals surface area contributed by atoms with Crippen molar-refractivity contribution in [3.05, 3.63) is 46.0 Å². The van der Waals surface area contributed by atoms with Crippen LogP contribution in [0.5, 0.6) is 5.75 Å². The van der Waals surface area contributed by atoms with Crippen molar-refractivity contribution in [2.24, 2.45) is 0 Å². The van der Waals surface area contributed by atoms with E-state index in [0.29, 0.717) is 18.7 Å². The summed E-state index contributed by atoms with van der Waals surface area (Å²) >= 11 is 0. The van der Waals surface area contributed by atoms with Crippen molar-refractivity contribution in [3.63, 3.8) is 0 Å². The van der Waals surface area contributed by atoms with Crippen LogP contribution in [0, 0.1) is 0 Å². The van der Waals surface area contributed by atoms with Gasteiger partial charge in [-0.25, -0.2) is 4.68 Å². The van der Waals surface area contributed by atoms with E-state index in [-0.39, 0.29) is 23.2 Å². The molecule has 1 aliphatic heterocycles. The Hall–Kier alpha value is -2.78. The summed E-state index contributed by atoms with van der Waals surface area (Å²) in [5, 5.41) is 13.8. The van der Waals surface area contributed by atoms with Gasteiger partial charge in [-0.15, -0.1) is 5.10 Å². The summed E-state index contributed by atoms with van der Waals surface area (Å²) in [4.78, 5) is 18.4. The van der Waals surface area contributed by atoms with E-state index in [1.54, 1.807) is 7.11 Å². The predicted octanol–water partition coefficient (Wildman–Crippen LogP) is 3.80. The molecule has 1 aliphatic rings. The number of H-pyrrole nitrogens is 1. The number of hydrogen-bond acceptors (Lipinski definition) is 7. The van der Waals surface area contributed by atoms with E-state index >= 15 is 0 Å². The fourth-order valence-electron chi connectivity index (χ4n) is 4.63. The Labute approximate surface area is 200 Å². The minimum absolute atomic E-state index is 0.0505. The van der Waals surface area contributed by atoms with Crippen LogP contribution in [0.15, 0.2) is 29.1 Å². The Morgan fingerprint density at radius 3 is 2.82 bits per heavy atom. The zero-order valence-corrected chi connectivity index (χ0v) is 20.9. The summed E-state index contributed by atoms with van der Waals surface area (Å²) in [6.45, 7) is 10.5. The van der Waals surface area contributed by atoms with Gasteiger partial charge in [0.15, 0.2) is 5.82 Å². The highest BCUT2D eigenvalue weighted by Crippen LogP contribution is 2.30. The molecule has 9 nitrogen and oxygen atoms in total. The molecule has 1 fully saturated rings. The van der Waals surface area contributed by atoms with Crippen molar-refractivity contribution in [3.8, 4) is 5.75 Å². The van der Waals surface area contributed by atoms with Gasteiger partial charge in [0.25, 0.3) is 5.56 Å². The maximum absolute atomic E-state index is 13.0. The van der Waals surface area contributed by atoms with Crippen LogP contribution in [0.3, 0.4) is 0 Å². The Kier molecular flexibility index (Phi) is 7.33. The van der Waals surface area contributed by atoms with E-state index in [9.17, 15) is 4.79 Å². The zero-order valence-electron chi connectivity index (χ0n) is 20.9. The third-order valence-corrected chi connectivity index (χ3v) is 7.02. The van der Waals surface area contributed by atoms with E-state index in [2.05, 4.69) is 53.1 Å². The van der Waals surface area contributed by atoms with Crippen molar-refractivity contribution in [2.45, 2.75) is 77.6 Å². The third-order valence-electron chi connectivity index (χ3n) is 7.02. The molecule has 0 bridgehead atoms. The zero-order chi connectivity index (χ0) is 24.3. The lowest BCUT2D eigenvalue weighted by atomic mass is 10.0. The molecule has 0 amide bonds. The number of tetrazole rings is 1. The van der Waals surface area contributed by atoms with E-state index in [0.717, 1.165) is 54.8 Å². The predicted molar refractivity (Wildman–Crippen MR) is 131 cm³/mol. The van der Waals surface area contributed by atoms with Crippen LogP contribution in [0.4, 0.5) is 0 Å². The molecule has 0 unspecified atom stereocenters. The van der Waals surface area contributed by atoms with Crippen LogP contribution >= 0.6 is 0 Å². The van der Waals surface area contributed by atoms with Gasteiger partial charge in [-0.3, -0.25) is 9.69 Å². The van der Waals surface area contributed by atoms with Gasteiger partial charge in [-0.05, 0) is 74.2 Å². The number of nitrogens with zero attached hydrogens (tertiary/aromatic N) is 5. The van der Waals surface area contributed by atoms with Crippen LogP contribution in [-0.4, -0.2) is 56.5 Å². The number of fused-ring (bicyclic) bond motifs is 1. The Balaban J connectivity index is 1.72. The number of nitrogens with one attached hydrogen (secondary N) is 1. The molecular formula is C25H36N6O3. The molecule has 2 atom stereocenters.